The van der Waals surface area contributed by atoms with E-state index in [0.29, 0.717) is 37.6 Å². The summed E-state index contributed by atoms with van der Waals surface area (Å²) in [6, 6.07) is 6.43. The summed E-state index contributed by atoms with van der Waals surface area (Å²) in [5.74, 6) is -0.361. The van der Waals surface area contributed by atoms with Crippen LogP contribution in [0.4, 0.5) is 5.82 Å². The monoisotopic (exact) mass is 312 g/mol. The fraction of sp³-hybridized carbons (Fsp3) is 0.250. The van der Waals surface area contributed by atoms with Gasteiger partial charge in [0.05, 0.1) is 5.56 Å². The van der Waals surface area contributed by atoms with E-state index in [4.69, 9.17) is 5.11 Å². The highest BCUT2D eigenvalue weighted by Crippen LogP contribution is 2.16. The van der Waals surface area contributed by atoms with Gasteiger partial charge in [-0.1, -0.05) is 0 Å². The van der Waals surface area contributed by atoms with Crippen molar-refractivity contribution in [3.05, 3.63) is 54.0 Å². The predicted molar refractivity (Wildman–Crippen MR) is 83.5 cm³/mol. The third-order valence-corrected chi connectivity index (χ3v) is 3.81. The van der Waals surface area contributed by atoms with Crippen LogP contribution in [-0.4, -0.2) is 58.0 Å². The van der Waals surface area contributed by atoms with Crippen molar-refractivity contribution in [2.24, 2.45) is 0 Å². The van der Waals surface area contributed by atoms with Gasteiger partial charge >= 0.3 is 5.97 Å². The molecular weight excluding hydrogens is 296 g/mol. The lowest BCUT2D eigenvalue weighted by atomic mass is 10.2. The smallest absolute Gasteiger partial charge is 0.335 e. The van der Waals surface area contributed by atoms with Gasteiger partial charge in [0.25, 0.3) is 5.91 Å². The molecule has 0 aromatic carbocycles. The molecule has 1 amide bonds. The Balaban J connectivity index is 1.66. The summed E-state index contributed by atoms with van der Waals surface area (Å²) in [7, 11) is 0. The molecule has 7 nitrogen and oxygen atoms in total. The highest BCUT2D eigenvalue weighted by Gasteiger charge is 2.23. The van der Waals surface area contributed by atoms with Crippen LogP contribution in [-0.2, 0) is 0 Å². The number of rotatable bonds is 3. The number of hydrogen-bond acceptors (Lipinski definition) is 5. The molecule has 3 heterocycles. The van der Waals surface area contributed by atoms with E-state index < -0.39 is 5.97 Å². The minimum absolute atomic E-state index is 0.0145. The molecule has 0 radical (unpaired) electrons. The van der Waals surface area contributed by atoms with Crippen LogP contribution in [0.25, 0.3) is 0 Å². The van der Waals surface area contributed by atoms with Crippen LogP contribution in [0.1, 0.15) is 20.7 Å². The molecule has 1 saturated heterocycles. The molecule has 0 saturated carbocycles. The summed E-state index contributed by atoms with van der Waals surface area (Å²) in [6.45, 7) is 2.38. The van der Waals surface area contributed by atoms with Gasteiger partial charge < -0.3 is 14.9 Å². The molecular formula is C16H16N4O3. The molecule has 1 N–H and O–H groups in total. The number of hydrogen-bond donors (Lipinski definition) is 1. The van der Waals surface area contributed by atoms with Gasteiger partial charge in [-0.25, -0.2) is 9.78 Å². The van der Waals surface area contributed by atoms with Gasteiger partial charge in [0, 0.05) is 50.3 Å². The van der Waals surface area contributed by atoms with E-state index in [1.54, 1.807) is 35.5 Å². The lowest BCUT2D eigenvalue weighted by molar-refractivity contribution is 0.0696. The maximum atomic E-state index is 12.4. The van der Waals surface area contributed by atoms with Crippen molar-refractivity contribution >= 4 is 17.7 Å². The summed E-state index contributed by atoms with van der Waals surface area (Å²) < 4.78 is 0. The Kier molecular flexibility index (Phi) is 4.18. The Morgan fingerprint density at radius 2 is 1.61 bits per heavy atom. The molecule has 1 aliphatic rings. The molecule has 118 valence electrons. The maximum absolute atomic E-state index is 12.4. The number of carboxylic acid groups (broad SMARTS) is 1. The van der Waals surface area contributed by atoms with Gasteiger partial charge in [0.2, 0.25) is 0 Å². The topological polar surface area (TPSA) is 86.6 Å². The molecule has 0 spiro atoms. The average Bonchev–Trinajstić information content (AvgIpc) is 2.62. The number of carbonyl (C=O) groups is 2. The van der Waals surface area contributed by atoms with E-state index >= 15 is 0 Å². The minimum Gasteiger partial charge on any atom is -0.478 e. The summed E-state index contributed by atoms with van der Waals surface area (Å²) >= 11 is 0. The normalized spacial score (nSPS) is 14.6. The second-order valence-corrected chi connectivity index (χ2v) is 5.22. The zero-order valence-electron chi connectivity index (χ0n) is 12.4. The molecule has 7 heteroatoms. The zero-order chi connectivity index (χ0) is 16.2. The number of carboxylic acids is 1. The van der Waals surface area contributed by atoms with Crippen LogP contribution in [0.15, 0.2) is 42.9 Å². The molecule has 2 aromatic rings. The van der Waals surface area contributed by atoms with Gasteiger partial charge in [-0.3, -0.25) is 9.78 Å². The van der Waals surface area contributed by atoms with Crippen molar-refractivity contribution < 1.29 is 14.7 Å². The van der Waals surface area contributed by atoms with Gasteiger partial charge in [-0.15, -0.1) is 0 Å². The van der Waals surface area contributed by atoms with E-state index in [0.717, 1.165) is 0 Å². The summed E-state index contributed by atoms with van der Waals surface area (Å²) in [6.07, 6.45) is 4.70. The van der Waals surface area contributed by atoms with Crippen molar-refractivity contribution in [1.82, 2.24) is 14.9 Å². The quantitative estimate of drug-likeness (QED) is 0.914. The van der Waals surface area contributed by atoms with Crippen molar-refractivity contribution in [3.8, 4) is 0 Å². The Bertz CT molecular complexity index is 712. The summed E-state index contributed by atoms with van der Waals surface area (Å²) in [5, 5.41) is 9.04. The van der Waals surface area contributed by atoms with Crippen molar-refractivity contribution in [3.63, 3.8) is 0 Å². The van der Waals surface area contributed by atoms with E-state index in [1.165, 1.54) is 12.3 Å². The van der Waals surface area contributed by atoms with E-state index in [-0.39, 0.29) is 11.5 Å². The summed E-state index contributed by atoms with van der Waals surface area (Å²) in [5.41, 5.74) is 0.838. The van der Waals surface area contributed by atoms with E-state index in [2.05, 4.69) is 9.97 Å². The number of pyridine rings is 2. The fourth-order valence-electron chi connectivity index (χ4n) is 2.54. The van der Waals surface area contributed by atoms with Crippen LogP contribution in [0.2, 0.25) is 0 Å². The first-order valence-corrected chi connectivity index (χ1v) is 7.29. The molecule has 1 aliphatic heterocycles. The van der Waals surface area contributed by atoms with E-state index in [9.17, 15) is 9.59 Å². The molecule has 2 aromatic heterocycles. The Hall–Kier alpha value is -2.96. The molecule has 0 atom stereocenters. The van der Waals surface area contributed by atoms with Crippen LogP contribution >= 0.6 is 0 Å². The number of carbonyl (C=O) groups excluding carboxylic acids is 1. The van der Waals surface area contributed by atoms with Gasteiger partial charge in [0.15, 0.2) is 0 Å². The summed E-state index contributed by atoms with van der Waals surface area (Å²) in [4.78, 5) is 35.3. The van der Waals surface area contributed by atoms with Crippen LogP contribution in [0.3, 0.4) is 0 Å². The molecule has 0 bridgehead atoms. The first-order valence-electron chi connectivity index (χ1n) is 7.29. The lowest BCUT2D eigenvalue weighted by Gasteiger charge is -2.35. The molecule has 3 rings (SSSR count). The molecule has 1 fully saturated rings. The Labute approximate surface area is 133 Å². The minimum atomic E-state index is -0.972. The van der Waals surface area contributed by atoms with Crippen molar-refractivity contribution in [2.45, 2.75) is 0 Å². The predicted octanol–water partition coefficient (Wildman–Crippen LogP) is 1.14. The number of aromatic nitrogens is 2. The van der Waals surface area contributed by atoms with Crippen LogP contribution in [0, 0.1) is 0 Å². The maximum Gasteiger partial charge on any atom is 0.335 e. The number of piperazine rings is 1. The lowest BCUT2D eigenvalue weighted by Crippen LogP contribution is -2.49. The third-order valence-electron chi connectivity index (χ3n) is 3.81. The van der Waals surface area contributed by atoms with Gasteiger partial charge in [-0.05, 0) is 24.3 Å². The molecule has 0 aliphatic carbocycles. The Morgan fingerprint density at radius 3 is 2.26 bits per heavy atom. The first kappa shape index (κ1) is 15.0. The standard InChI is InChI=1S/C16H16N4O3/c21-15(12-1-4-17-5-2-12)20-9-7-19(8-10-20)14-11-13(16(22)23)3-6-18-14/h1-6,11H,7-10H2,(H,22,23). The van der Waals surface area contributed by atoms with E-state index in [1.807, 2.05) is 4.90 Å². The molecule has 0 unspecified atom stereocenters. The number of amides is 1. The Morgan fingerprint density at radius 1 is 0.957 bits per heavy atom. The highest BCUT2D eigenvalue weighted by atomic mass is 16.4. The fourth-order valence-corrected chi connectivity index (χ4v) is 2.54. The largest absolute Gasteiger partial charge is 0.478 e. The van der Waals surface area contributed by atoms with Crippen LogP contribution in [0.5, 0.6) is 0 Å². The number of anilines is 1. The van der Waals surface area contributed by atoms with Crippen molar-refractivity contribution in [2.75, 3.05) is 31.1 Å². The zero-order valence-corrected chi connectivity index (χ0v) is 12.4. The number of nitrogens with zero attached hydrogens (tertiary/aromatic N) is 4. The second kappa shape index (κ2) is 6.43. The SMILES string of the molecule is O=C(O)c1ccnc(N2CCN(C(=O)c3ccncc3)CC2)c1. The van der Waals surface area contributed by atoms with Gasteiger partial charge in [0.1, 0.15) is 5.82 Å². The van der Waals surface area contributed by atoms with Crippen molar-refractivity contribution in [1.29, 1.82) is 0 Å². The number of aromatic carboxylic acids is 1. The highest BCUT2D eigenvalue weighted by molar-refractivity contribution is 5.94. The third kappa shape index (κ3) is 3.28. The molecule has 23 heavy (non-hydrogen) atoms. The van der Waals surface area contributed by atoms with Gasteiger partial charge in [-0.2, -0.15) is 0 Å². The van der Waals surface area contributed by atoms with Crippen LogP contribution < -0.4 is 4.90 Å². The first-order chi connectivity index (χ1) is 11.1. The average molecular weight is 312 g/mol. The second-order valence-electron chi connectivity index (χ2n) is 5.22.